The van der Waals surface area contributed by atoms with Gasteiger partial charge in [0.25, 0.3) is 0 Å². The number of piperidine rings is 1. The fraction of sp³-hybridized carbons (Fsp3) is 0.500. The lowest BCUT2D eigenvalue weighted by Crippen LogP contribution is -2.31. The number of ether oxygens (including phenoxy) is 3. The first-order chi connectivity index (χ1) is 15.0. The van der Waals surface area contributed by atoms with Crippen molar-refractivity contribution in [3.05, 3.63) is 48.0 Å². The fourth-order valence-corrected chi connectivity index (χ4v) is 6.18. The monoisotopic (exact) mass is 447 g/mol. The Hall–Kier alpha value is -1.93. The van der Waals surface area contributed by atoms with Crippen LogP contribution < -0.4 is 14.2 Å². The predicted molar refractivity (Wildman–Crippen MR) is 124 cm³/mol. The van der Waals surface area contributed by atoms with Crippen LogP contribution in [0.2, 0.25) is 0 Å². The van der Waals surface area contributed by atoms with E-state index in [0.717, 1.165) is 24.3 Å². The molecule has 2 aromatic carbocycles. The highest BCUT2D eigenvalue weighted by atomic mass is 32.3. The highest BCUT2D eigenvalue weighted by Gasteiger charge is 2.42. The normalized spacial score (nSPS) is 24.0. The summed E-state index contributed by atoms with van der Waals surface area (Å²) in [6.45, 7) is 6.01. The van der Waals surface area contributed by atoms with E-state index in [1.54, 1.807) is 25.1 Å². The van der Waals surface area contributed by atoms with E-state index in [0.29, 0.717) is 23.0 Å². The van der Waals surface area contributed by atoms with Gasteiger partial charge in [-0.05, 0) is 69.1 Å². The summed E-state index contributed by atoms with van der Waals surface area (Å²) in [5.74, 6) is 1.72. The summed E-state index contributed by atoms with van der Waals surface area (Å²) in [5.41, 5.74) is 0.890. The van der Waals surface area contributed by atoms with Crippen molar-refractivity contribution in [2.75, 3.05) is 33.4 Å². The van der Waals surface area contributed by atoms with E-state index in [-0.39, 0.29) is 0 Å². The summed E-state index contributed by atoms with van der Waals surface area (Å²) in [6, 6.07) is 13.0. The van der Waals surface area contributed by atoms with Gasteiger partial charge in [0.2, 0.25) is 0 Å². The molecule has 0 unspecified atom stereocenters. The molecule has 0 spiro atoms. The molecule has 0 amide bonds. The third-order valence-corrected chi connectivity index (χ3v) is 8.49. The van der Waals surface area contributed by atoms with Gasteiger partial charge in [0.1, 0.15) is 28.2 Å². The van der Waals surface area contributed by atoms with Crippen molar-refractivity contribution < 1.29 is 23.3 Å². The van der Waals surface area contributed by atoms with Crippen LogP contribution >= 0.6 is 10.6 Å². The van der Waals surface area contributed by atoms with Gasteiger partial charge in [-0.1, -0.05) is 24.6 Å². The molecule has 6 nitrogen and oxygen atoms in total. The first-order valence-corrected chi connectivity index (χ1v) is 12.7. The molecule has 31 heavy (non-hydrogen) atoms. The van der Waals surface area contributed by atoms with Gasteiger partial charge >= 0.3 is 0 Å². The number of methoxy groups -OCH3 is 1. The average molecular weight is 448 g/mol. The maximum absolute atomic E-state index is 11.0. The molecular formula is C24H33NO5S. The van der Waals surface area contributed by atoms with Gasteiger partial charge < -0.3 is 19.1 Å². The third kappa shape index (κ3) is 4.80. The van der Waals surface area contributed by atoms with Gasteiger partial charge in [-0.3, -0.25) is 9.11 Å². The summed E-state index contributed by atoms with van der Waals surface area (Å²) in [7, 11) is -1.56. The number of hydrogen-bond donors (Lipinski definition) is 2. The molecule has 2 aliphatic heterocycles. The zero-order chi connectivity index (χ0) is 21.8. The molecule has 1 fully saturated rings. The van der Waals surface area contributed by atoms with Crippen molar-refractivity contribution in [2.24, 2.45) is 0 Å². The number of hydrogen-bond acceptors (Lipinski definition) is 6. The molecule has 7 heteroatoms. The van der Waals surface area contributed by atoms with Crippen LogP contribution in [0.1, 0.15) is 44.3 Å². The molecule has 0 radical (unpaired) electrons. The molecule has 0 bridgehead atoms. The largest absolute Gasteiger partial charge is 0.495 e. The van der Waals surface area contributed by atoms with Gasteiger partial charge in [-0.2, -0.15) is 10.6 Å². The Morgan fingerprint density at radius 1 is 1.06 bits per heavy atom. The van der Waals surface area contributed by atoms with Crippen molar-refractivity contribution in [1.82, 2.24) is 4.90 Å². The molecular weight excluding hydrogens is 414 g/mol. The smallest absolute Gasteiger partial charge is 0.147 e. The first kappa shape index (κ1) is 22.3. The maximum atomic E-state index is 11.0. The molecule has 170 valence electrons. The second-order valence-electron chi connectivity index (χ2n) is 8.30. The highest BCUT2D eigenvalue weighted by molar-refractivity contribution is 8.25. The van der Waals surface area contributed by atoms with E-state index < -0.39 is 21.9 Å². The first-order valence-electron chi connectivity index (χ1n) is 11.1. The Morgan fingerprint density at radius 3 is 2.52 bits per heavy atom. The third-order valence-electron chi connectivity index (χ3n) is 6.21. The average Bonchev–Trinajstić information content (AvgIpc) is 2.80. The predicted octanol–water partition coefficient (Wildman–Crippen LogP) is 5.58. The van der Waals surface area contributed by atoms with E-state index >= 15 is 0 Å². The van der Waals surface area contributed by atoms with Gasteiger partial charge in [0.15, 0.2) is 0 Å². The zero-order valence-corrected chi connectivity index (χ0v) is 19.1. The molecule has 0 aliphatic carbocycles. The Morgan fingerprint density at radius 2 is 1.81 bits per heavy atom. The summed E-state index contributed by atoms with van der Waals surface area (Å²) in [6.07, 6.45) is 4.54. The Kier molecular flexibility index (Phi) is 6.96. The standard InChI is InChI=1S/C24H33NO5S/c1-18-23(30-22-9-6-8-21(28-2)24(22)31(18,26)27)19-10-12-20(13-11-19)29-17-7-16-25-14-4-3-5-15-25/h6,8-13,18,23,26-27H,3-5,7,14-17H2,1-2H3/t18-,23+/m1/s1. The van der Waals surface area contributed by atoms with E-state index in [1.165, 1.54) is 39.5 Å². The van der Waals surface area contributed by atoms with E-state index in [9.17, 15) is 9.11 Å². The van der Waals surface area contributed by atoms with E-state index in [1.807, 2.05) is 24.3 Å². The van der Waals surface area contributed by atoms with Gasteiger partial charge in [-0.25, -0.2) is 0 Å². The van der Waals surface area contributed by atoms with Crippen LogP contribution in [0.15, 0.2) is 47.4 Å². The lowest BCUT2D eigenvalue weighted by atomic mass is 10.1. The number of likely N-dealkylation sites (tertiary alicyclic amines) is 1. The van der Waals surface area contributed by atoms with Crippen LogP contribution in [0.4, 0.5) is 0 Å². The van der Waals surface area contributed by atoms with Gasteiger partial charge in [0.05, 0.1) is 19.0 Å². The van der Waals surface area contributed by atoms with Crippen molar-refractivity contribution >= 4 is 10.6 Å². The van der Waals surface area contributed by atoms with Crippen LogP contribution in [0, 0.1) is 0 Å². The Bertz CT molecular complexity index is 867. The molecule has 2 aliphatic rings. The summed E-state index contributed by atoms with van der Waals surface area (Å²) >= 11 is 0. The minimum Gasteiger partial charge on any atom is -0.495 e. The van der Waals surface area contributed by atoms with Gasteiger partial charge in [0, 0.05) is 6.54 Å². The van der Waals surface area contributed by atoms with Crippen LogP contribution in [0.25, 0.3) is 0 Å². The number of fused-ring (bicyclic) bond motifs is 1. The van der Waals surface area contributed by atoms with Gasteiger partial charge in [-0.15, -0.1) is 0 Å². The van der Waals surface area contributed by atoms with Crippen molar-refractivity contribution in [2.45, 2.75) is 48.9 Å². The minimum absolute atomic E-state index is 0.356. The van der Waals surface area contributed by atoms with Crippen LogP contribution in [-0.2, 0) is 0 Å². The second kappa shape index (κ2) is 9.69. The number of nitrogens with zero attached hydrogens (tertiary/aromatic N) is 1. The summed E-state index contributed by atoms with van der Waals surface area (Å²) in [5, 5.41) is -0.507. The minimum atomic E-state index is -3.09. The molecule has 2 heterocycles. The van der Waals surface area contributed by atoms with Crippen molar-refractivity contribution in [3.8, 4) is 17.2 Å². The molecule has 0 aromatic heterocycles. The maximum Gasteiger partial charge on any atom is 0.147 e. The SMILES string of the molecule is COc1cccc2c1S(O)(O)[C@H](C)[C@@H](c1ccc(OCCCN3CCCCC3)cc1)O2. The molecule has 0 saturated carbocycles. The summed E-state index contributed by atoms with van der Waals surface area (Å²) in [4.78, 5) is 2.87. The van der Waals surface area contributed by atoms with Crippen LogP contribution in [0.3, 0.4) is 0 Å². The zero-order valence-electron chi connectivity index (χ0n) is 18.3. The topological polar surface area (TPSA) is 71.4 Å². The number of rotatable bonds is 7. The lowest BCUT2D eigenvalue weighted by molar-refractivity contribution is 0.178. The highest BCUT2D eigenvalue weighted by Crippen LogP contribution is 2.65. The van der Waals surface area contributed by atoms with Crippen LogP contribution in [0.5, 0.6) is 17.2 Å². The lowest BCUT2D eigenvalue weighted by Gasteiger charge is -2.47. The summed E-state index contributed by atoms with van der Waals surface area (Å²) < 4.78 is 39.4. The Labute approximate surface area is 186 Å². The molecule has 4 rings (SSSR count). The molecule has 2 atom stereocenters. The molecule has 2 N–H and O–H groups in total. The molecule has 2 aromatic rings. The molecule has 1 saturated heterocycles. The van der Waals surface area contributed by atoms with E-state index in [2.05, 4.69) is 4.90 Å². The van der Waals surface area contributed by atoms with Crippen LogP contribution in [-0.4, -0.2) is 52.6 Å². The van der Waals surface area contributed by atoms with E-state index in [4.69, 9.17) is 14.2 Å². The number of benzene rings is 2. The quantitative estimate of drug-likeness (QED) is 0.540. The van der Waals surface area contributed by atoms with Crippen molar-refractivity contribution in [3.63, 3.8) is 0 Å². The van der Waals surface area contributed by atoms with Crippen molar-refractivity contribution in [1.29, 1.82) is 0 Å². The Balaban J connectivity index is 1.39. The second-order valence-corrected chi connectivity index (χ2v) is 10.6. The fourth-order valence-electron chi connectivity index (χ4n) is 4.39.